The van der Waals surface area contributed by atoms with Gasteiger partial charge in [-0.2, -0.15) is 22.0 Å². The maximum atomic E-state index is 14.0. The maximum Gasteiger partial charge on any atom is 0.426 e. The minimum atomic E-state index is -5.22. The molecule has 11 heteroatoms. The van der Waals surface area contributed by atoms with Crippen LogP contribution in [0.4, 0.5) is 27.6 Å². The van der Waals surface area contributed by atoms with E-state index in [1.807, 2.05) is 0 Å². The van der Waals surface area contributed by atoms with Gasteiger partial charge in [-0.25, -0.2) is 4.79 Å². The summed E-state index contributed by atoms with van der Waals surface area (Å²) in [5.41, 5.74) is -4.70. The van der Waals surface area contributed by atoms with Crippen LogP contribution in [0.25, 0.3) is 0 Å². The third-order valence-electron chi connectivity index (χ3n) is 3.53. The van der Waals surface area contributed by atoms with E-state index in [-0.39, 0.29) is 25.8 Å². The Morgan fingerprint density at radius 1 is 1.11 bits per heavy atom. The van der Waals surface area contributed by atoms with Gasteiger partial charge in [-0.15, -0.1) is 0 Å². The largest absolute Gasteiger partial charge is 0.460 e. The van der Waals surface area contributed by atoms with E-state index in [4.69, 9.17) is 0 Å². The lowest BCUT2D eigenvalue weighted by molar-refractivity contribution is -0.242. The van der Waals surface area contributed by atoms with E-state index >= 15 is 0 Å². The van der Waals surface area contributed by atoms with Crippen LogP contribution in [0.1, 0.15) is 12.5 Å². The van der Waals surface area contributed by atoms with Crippen LogP contribution < -0.4 is 5.32 Å². The molecular formula is C16H19F5N2O4. The molecule has 2 N–H and O–H groups in total. The number of alkyl halides is 5. The monoisotopic (exact) mass is 398 g/mol. The fraction of sp³-hybridized carbons (Fsp3) is 0.500. The number of benzene rings is 1. The highest BCUT2D eigenvalue weighted by Crippen LogP contribution is 2.32. The molecule has 0 aliphatic carbocycles. The van der Waals surface area contributed by atoms with Crippen molar-refractivity contribution in [1.29, 1.82) is 0 Å². The van der Waals surface area contributed by atoms with Crippen molar-refractivity contribution < 1.29 is 41.4 Å². The quantitative estimate of drug-likeness (QED) is 0.544. The van der Waals surface area contributed by atoms with Gasteiger partial charge in [-0.05, 0) is 33.2 Å². The van der Waals surface area contributed by atoms with Gasteiger partial charge in [0.1, 0.15) is 6.61 Å². The Morgan fingerprint density at radius 3 is 2.07 bits per heavy atom. The number of carbonyl (C=O) groups is 2. The van der Waals surface area contributed by atoms with Gasteiger partial charge in [0.2, 0.25) is 5.60 Å². The van der Waals surface area contributed by atoms with Gasteiger partial charge in [-0.1, -0.05) is 12.1 Å². The van der Waals surface area contributed by atoms with Crippen molar-refractivity contribution in [2.24, 2.45) is 0 Å². The van der Waals surface area contributed by atoms with Gasteiger partial charge in [0.25, 0.3) is 5.91 Å². The molecule has 0 fully saturated rings. The number of anilines is 1. The minimum absolute atomic E-state index is 0.242. The molecule has 0 saturated carbocycles. The van der Waals surface area contributed by atoms with E-state index in [2.05, 4.69) is 4.74 Å². The molecule has 1 aromatic carbocycles. The number of hydrogen-bond acceptors (Lipinski definition) is 5. The standard InChI is InChI=1S/C16H19F5N2O4/c1-14(26,16(19,20)21)12(24)22-11-6-4-10(5-7-11)15(17,18)13(25)27-9-8-23(2)3/h4-7,26H,8-9H2,1-3H3,(H,22,24). The first kappa shape index (κ1) is 22.8. The Hall–Kier alpha value is -2.27. The normalized spacial score (nSPS) is 14.6. The number of amides is 1. The van der Waals surface area contributed by atoms with Crippen molar-refractivity contribution in [2.45, 2.75) is 24.6 Å². The molecule has 6 nitrogen and oxygen atoms in total. The molecule has 1 unspecified atom stereocenters. The average Bonchev–Trinajstić information content (AvgIpc) is 2.53. The summed E-state index contributed by atoms with van der Waals surface area (Å²) in [5, 5.41) is 11.0. The van der Waals surface area contributed by atoms with E-state index in [0.29, 0.717) is 0 Å². The number of rotatable bonds is 7. The Kier molecular flexibility index (Phi) is 6.89. The number of esters is 1. The Labute approximate surface area is 151 Å². The SMILES string of the molecule is CN(C)CCOC(=O)C(F)(F)c1ccc(NC(=O)C(C)(O)C(F)(F)F)cc1. The zero-order chi connectivity index (χ0) is 21.0. The topological polar surface area (TPSA) is 78.9 Å². The first-order chi connectivity index (χ1) is 12.2. The smallest absolute Gasteiger partial charge is 0.426 e. The predicted octanol–water partition coefficient (Wildman–Crippen LogP) is 2.13. The highest BCUT2D eigenvalue weighted by atomic mass is 19.4. The van der Waals surface area contributed by atoms with Crippen molar-refractivity contribution in [2.75, 3.05) is 32.6 Å². The van der Waals surface area contributed by atoms with Crippen LogP contribution in [-0.4, -0.2) is 60.9 Å². The van der Waals surface area contributed by atoms with E-state index in [0.717, 1.165) is 24.3 Å². The number of ether oxygens (including phenoxy) is 1. The van der Waals surface area contributed by atoms with Gasteiger partial charge < -0.3 is 20.1 Å². The van der Waals surface area contributed by atoms with Crippen molar-refractivity contribution in [3.05, 3.63) is 29.8 Å². The average molecular weight is 398 g/mol. The lowest BCUT2D eigenvalue weighted by atomic mass is 10.0. The number of nitrogens with one attached hydrogen (secondary N) is 1. The van der Waals surface area contributed by atoms with Crippen molar-refractivity contribution in [1.82, 2.24) is 4.90 Å². The summed E-state index contributed by atoms with van der Waals surface area (Å²) in [5.74, 6) is -7.54. The zero-order valence-corrected chi connectivity index (χ0v) is 14.7. The lowest BCUT2D eigenvalue weighted by Crippen LogP contribution is -2.52. The molecule has 152 valence electrons. The van der Waals surface area contributed by atoms with E-state index in [1.165, 1.54) is 0 Å². The third-order valence-corrected chi connectivity index (χ3v) is 3.53. The molecule has 0 aliphatic heterocycles. The maximum absolute atomic E-state index is 14.0. The van der Waals surface area contributed by atoms with Crippen LogP contribution in [0, 0.1) is 0 Å². The number of halogens is 5. The second-order valence-corrected chi connectivity index (χ2v) is 6.12. The van der Waals surface area contributed by atoms with E-state index in [1.54, 1.807) is 24.3 Å². The highest BCUT2D eigenvalue weighted by molar-refractivity contribution is 5.97. The van der Waals surface area contributed by atoms with Crippen LogP contribution in [0.3, 0.4) is 0 Å². The molecule has 0 saturated heterocycles. The molecule has 0 radical (unpaired) electrons. The minimum Gasteiger partial charge on any atom is -0.460 e. The molecule has 0 aliphatic rings. The molecule has 27 heavy (non-hydrogen) atoms. The van der Waals surface area contributed by atoms with Crippen LogP contribution in [0.15, 0.2) is 24.3 Å². The molecule has 1 amide bonds. The summed E-state index contributed by atoms with van der Waals surface area (Å²) in [6.07, 6.45) is -5.22. The zero-order valence-electron chi connectivity index (χ0n) is 14.7. The summed E-state index contributed by atoms with van der Waals surface area (Å²) in [6.45, 7) is 0.253. The summed E-state index contributed by atoms with van der Waals surface area (Å²) < 4.78 is 70.3. The summed E-state index contributed by atoms with van der Waals surface area (Å²) in [7, 11) is 3.32. The van der Waals surface area contributed by atoms with Gasteiger partial charge in [0, 0.05) is 17.8 Å². The van der Waals surface area contributed by atoms with Crippen molar-refractivity contribution in [3.63, 3.8) is 0 Å². The first-order valence-corrected chi connectivity index (χ1v) is 7.60. The van der Waals surface area contributed by atoms with E-state index in [9.17, 15) is 36.6 Å². The Morgan fingerprint density at radius 2 is 1.63 bits per heavy atom. The van der Waals surface area contributed by atoms with Crippen LogP contribution >= 0.6 is 0 Å². The molecule has 0 bridgehead atoms. The van der Waals surface area contributed by atoms with Crippen LogP contribution in [0.5, 0.6) is 0 Å². The predicted molar refractivity (Wildman–Crippen MR) is 85.2 cm³/mol. The molecule has 0 aromatic heterocycles. The number of carbonyl (C=O) groups excluding carboxylic acids is 2. The second-order valence-electron chi connectivity index (χ2n) is 6.12. The molecule has 1 aromatic rings. The number of likely N-dealkylation sites (N-methyl/N-ethyl adjacent to an activating group) is 1. The third kappa shape index (κ3) is 5.60. The van der Waals surface area contributed by atoms with Gasteiger partial charge >= 0.3 is 18.1 Å². The molecular weight excluding hydrogens is 379 g/mol. The lowest BCUT2D eigenvalue weighted by Gasteiger charge is -2.25. The molecule has 0 spiro atoms. The molecule has 1 atom stereocenters. The van der Waals surface area contributed by atoms with Crippen molar-refractivity contribution >= 4 is 17.6 Å². The van der Waals surface area contributed by atoms with Crippen LogP contribution in [-0.2, 0) is 20.2 Å². The number of nitrogens with zero attached hydrogens (tertiary/aromatic N) is 1. The van der Waals surface area contributed by atoms with Gasteiger partial charge in [0.15, 0.2) is 0 Å². The number of hydrogen-bond donors (Lipinski definition) is 2. The molecule has 0 heterocycles. The first-order valence-electron chi connectivity index (χ1n) is 7.60. The summed E-state index contributed by atoms with van der Waals surface area (Å²) in [6, 6.07) is 3.26. The van der Waals surface area contributed by atoms with E-state index < -0.39 is 35.1 Å². The second kappa shape index (κ2) is 8.17. The Balaban J connectivity index is 2.83. The van der Waals surface area contributed by atoms with Crippen LogP contribution in [0.2, 0.25) is 0 Å². The highest BCUT2D eigenvalue weighted by Gasteiger charge is 2.55. The fourth-order valence-electron chi connectivity index (χ4n) is 1.67. The summed E-state index contributed by atoms with van der Waals surface area (Å²) >= 11 is 0. The summed E-state index contributed by atoms with van der Waals surface area (Å²) in [4.78, 5) is 24.7. The molecule has 1 rings (SSSR count). The fourth-order valence-corrected chi connectivity index (χ4v) is 1.67. The van der Waals surface area contributed by atoms with Crippen molar-refractivity contribution in [3.8, 4) is 0 Å². The Bertz CT molecular complexity index is 672. The van der Waals surface area contributed by atoms with Gasteiger partial charge in [-0.3, -0.25) is 4.79 Å². The number of aliphatic hydroxyl groups is 1. The van der Waals surface area contributed by atoms with Gasteiger partial charge in [0.05, 0.1) is 0 Å².